The van der Waals surface area contributed by atoms with E-state index in [0.717, 1.165) is 12.2 Å². The molecule has 0 radical (unpaired) electrons. The van der Waals surface area contributed by atoms with E-state index in [4.69, 9.17) is 23.2 Å². The zero-order valence-corrected chi connectivity index (χ0v) is 8.75. The Morgan fingerprint density at radius 2 is 2.08 bits per heavy atom. The molecule has 0 amide bonds. The smallest absolute Gasteiger partial charge is 0.207 e. The fraction of sp³-hybridized carbons (Fsp3) is 0.500. The van der Waals surface area contributed by atoms with Crippen molar-refractivity contribution < 1.29 is 0 Å². The van der Waals surface area contributed by atoms with E-state index < -0.39 is 0 Å². The fourth-order valence-electron chi connectivity index (χ4n) is 0.571. The summed E-state index contributed by atoms with van der Waals surface area (Å²) in [5, 5.41) is 8.24. The van der Waals surface area contributed by atoms with Crippen molar-refractivity contribution in [3.8, 4) is 0 Å². The second-order valence-electron chi connectivity index (χ2n) is 2.03. The lowest BCUT2D eigenvalue weighted by molar-refractivity contribution is 0.903. The average Bonchev–Trinajstić information content (AvgIpc) is 2.07. The molecule has 0 saturated heterocycles. The second kappa shape index (κ2) is 4.84. The van der Waals surface area contributed by atoms with Gasteiger partial charge >= 0.3 is 0 Å². The van der Waals surface area contributed by atoms with Crippen LogP contribution in [0.5, 0.6) is 0 Å². The monoisotopic (exact) mass is 223 g/mol. The van der Waals surface area contributed by atoms with Gasteiger partial charge in [-0.15, -0.1) is 22.0 Å². The van der Waals surface area contributed by atoms with Crippen LogP contribution in [0.3, 0.4) is 0 Å². The minimum Gasteiger partial charge on any atom is -0.207 e. The van der Waals surface area contributed by atoms with Gasteiger partial charge in [-0.1, -0.05) is 18.5 Å². The Labute approximate surface area is 84.9 Å². The number of hydrogen-bond acceptors (Lipinski definition) is 4. The van der Waals surface area contributed by atoms with Gasteiger partial charge in [0.05, 0.1) is 0 Å². The molecule has 3 nitrogen and oxygen atoms in total. The molecule has 0 unspecified atom stereocenters. The Bertz CT molecular complexity index is 269. The molecule has 66 valence electrons. The maximum Gasteiger partial charge on any atom is 0.244 e. The molecule has 1 heterocycles. The van der Waals surface area contributed by atoms with Crippen LogP contribution in [0.4, 0.5) is 0 Å². The topological polar surface area (TPSA) is 38.7 Å². The van der Waals surface area contributed by atoms with E-state index in [9.17, 15) is 0 Å². The Balaban J connectivity index is 2.75. The lowest BCUT2D eigenvalue weighted by Crippen LogP contribution is -1.92. The molecule has 1 aromatic rings. The molecule has 6 heteroatoms. The largest absolute Gasteiger partial charge is 0.244 e. The lowest BCUT2D eigenvalue weighted by Gasteiger charge is -1.99. The molecule has 0 spiro atoms. The summed E-state index contributed by atoms with van der Waals surface area (Å²) in [6, 6.07) is 0. The molecule has 0 aliphatic heterocycles. The first kappa shape index (κ1) is 10.0. The van der Waals surface area contributed by atoms with Crippen LogP contribution in [0.25, 0.3) is 0 Å². The van der Waals surface area contributed by atoms with Crippen LogP contribution in [-0.2, 0) is 0 Å². The zero-order chi connectivity index (χ0) is 8.97. The van der Waals surface area contributed by atoms with Gasteiger partial charge in [0.1, 0.15) is 5.03 Å². The summed E-state index contributed by atoms with van der Waals surface area (Å²) in [6.45, 7) is 2.08. The van der Waals surface area contributed by atoms with Crippen molar-refractivity contribution in [2.75, 3.05) is 5.75 Å². The van der Waals surface area contributed by atoms with E-state index in [1.54, 1.807) is 0 Å². The van der Waals surface area contributed by atoms with Crippen LogP contribution < -0.4 is 0 Å². The minimum atomic E-state index is 0.137. The van der Waals surface area contributed by atoms with Crippen LogP contribution in [0, 0.1) is 0 Å². The summed E-state index contributed by atoms with van der Waals surface area (Å²) >= 11 is 12.8. The zero-order valence-electron chi connectivity index (χ0n) is 6.42. The molecule has 0 fully saturated rings. The first-order valence-electron chi connectivity index (χ1n) is 3.42. The van der Waals surface area contributed by atoms with Crippen molar-refractivity contribution >= 4 is 35.0 Å². The van der Waals surface area contributed by atoms with Crippen molar-refractivity contribution in [2.45, 2.75) is 18.4 Å². The van der Waals surface area contributed by atoms with Crippen molar-refractivity contribution in [2.24, 2.45) is 0 Å². The molecule has 12 heavy (non-hydrogen) atoms. The summed E-state index contributed by atoms with van der Waals surface area (Å²) in [4.78, 5) is 3.93. The van der Waals surface area contributed by atoms with Gasteiger partial charge in [0.15, 0.2) is 5.15 Å². The fourth-order valence-corrected chi connectivity index (χ4v) is 1.70. The van der Waals surface area contributed by atoms with Crippen molar-refractivity contribution in [3.63, 3.8) is 0 Å². The maximum absolute atomic E-state index is 5.72. The summed E-state index contributed by atoms with van der Waals surface area (Å²) < 4.78 is 0. The van der Waals surface area contributed by atoms with Crippen molar-refractivity contribution in [1.29, 1.82) is 0 Å². The molecule has 0 bridgehead atoms. The SMILES string of the molecule is CCCSc1nc(Cl)nnc1Cl. The first-order valence-corrected chi connectivity index (χ1v) is 5.16. The molecule has 0 saturated carbocycles. The third-order valence-electron chi connectivity index (χ3n) is 1.03. The van der Waals surface area contributed by atoms with Gasteiger partial charge in [0, 0.05) is 0 Å². The van der Waals surface area contributed by atoms with Gasteiger partial charge in [-0.3, -0.25) is 0 Å². The van der Waals surface area contributed by atoms with Gasteiger partial charge in [-0.05, 0) is 23.8 Å². The summed E-state index contributed by atoms with van der Waals surface area (Å²) in [5.74, 6) is 0.953. The predicted octanol–water partition coefficient (Wildman–Crippen LogP) is 2.68. The molecule has 0 aliphatic rings. The van der Waals surface area contributed by atoms with Crippen molar-refractivity contribution in [1.82, 2.24) is 15.2 Å². The Morgan fingerprint density at radius 3 is 2.75 bits per heavy atom. The third-order valence-corrected chi connectivity index (χ3v) is 2.73. The van der Waals surface area contributed by atoms with Gasteiger partial charge in [0.2, 0.25) is 5.28 Å². The van der Waals surface area contributed by atoms with Gasteiger partial charge in [0.25, 0.3) is 0 Å². The minimum absolute atomic E-state index is 0.137. The molecular weight excluding hydrogens is 217 g/mol. The third kappa shape index (κ3) is 2.77. The highest BCUT2D eigenvalue weighted by atomic mass is 35.5. The molecule has 0 aromatic carbocycles. The van der Waals surface area contributed by atoms with Crippen LogP contribution >= 0.6 is 35.0 Å². The highest BCUT2D eigenvalue weighted by Gasteiger charge is 2.05. The summed E-state index contributed by atoms with van der Waals surface area (Å²) in [6.07, 6.45) is 1.06. The number of aromatic nitrogens is 3. The number of halogens is 2. The Kier molecular flexibility index (Phi) is 4.05. The molecular formula is C6H7Cl2N3S. The Hall–Kier alpha value is -0.0600. The first-order chi connectivity index (χ1) is 5.74. The van der Waals surface area contributed by atoms with Gasteiger partial charge in [-0.25, -0.2) is 4.98 Å². The van der Waals surface area contributed by atoms with E-state index in [-0.39, 0.29) is 5.28 Å². The van der Waals surface area contributed by atoms with Crippen LogP contribution in [-0.4, -0.2) is 20.9 Å². The highest BCUT2D eigenvalue weighted by molar-refractivity contribution is 7.99. The Morgan fingerprint density at radius 1 is 1.33 bits per heavy atom. The molecule has 1 aromatic heterocycles. The van der Waals surface area contributed by atoms with Gasteiger partial charge < -0.3 is 0 Å². The van der Waals surface area contributed by atoms with E-state index in [1.807, 2.05) is 0 Å². The second-order valence-corrected chi connectivity index (χ2v) is 3.80. The van der Waals surface area contributed by atoms with Crippen molar-refractivity contribution in [3.05, 3.63) is 10.4 Å². The molecule has 0 aliphatic carbocycles. The van der Waals surface area contributed by atoms with Crippen LogP contribution in [0.1, 0.15) is 13.3 Å². The van der Waals surface area contributed by atoms with Crippen LogP contribution in [0.15, 0.2) is 5.03 Å². The molecule has 1 rings (SSSR count). The highest BCUT2D eigenvalue weighted by Crippen LogP contribution is 2.23. The molecule has 0 N–H and O–H groups in total. The van der Waals surface area contributed by atoms with Gasteiger partial charge in [-0.2, -0.15) is 0 Å². The van der Waals surface area contributed by atoms with E-state index in [0.29, 0.717) is 10.2 Å². The maximum atomic E-state index is 5.72. The quantitative estimate of drug-likeness (QED) is 0.740. The average molecular weight is 224 g/mol. The van der Waals surface area contributed by atoms with E-state index in [1.165, 1.54) is 11.8 Å². The molecule has 0 atom stereocenters. The number of rotatable bonds is 3. The van der Waals surface area contributed by atoms with E-state index >= 15 is 0 Å². The van der Waals surface area contributed by atoms with Crippen LogP contribution in [0.2, 0.25) is 10.4 Å². The predicted molar refractivity (Wildman–Crippen MR) is 50.9 cm³/mol. The summed E-state index contributed by atoms with van der Waals surface area (Å²) in [7, 11) is 0. The number of nitrogens with zero attached hydrogens (tertiary/aromatic N) is 3. The normalized spacial score (nSPS) is 10.2. The standard InChI is InChI=1S/C6H7Cl2N3S/c1-2-3-12-5-4(7)10-11-6(8)9-5/h2-3H2,1H3. The number of thioether (sulfide) groups is 1. The number of hydrogen-bond donors (Lipinski definition) is 0. The van der Waals surface area contributed by atoms with E-state index in [2.05, 4.69) is 22.1 Å². The summed E-state index contributed by atoms with van der Waals surface area (Å²) in [5.41, 5.74) is 0. The lowest BCUT2D eigenvalue weighted by atomic mass is 10.6.